The van der Waals surface area contributed by atoms with Gasteiger partial charge >= 0.3 is 6.09 Å². The van der Waals surface area contributed by atoms with Crippen LogP contribution in [-0.4, -0.2) is 42.2 Å². The molecule has 1 amide bonds. The summed E-state index contributed by atoms with van der Waals surface area (Å²) in [5.74, 6) is 0.648. The van der Waals surface area contributed by atoms with Crippen LogP contribution in [-0.2, 0) is 4.74 Å². The molecule has 1 aromatic carbocycles. The lowest BCUT2D eigenvalue weighted by Crippen LogP contribution is -2.41. The number of para-hydroxylation sites is 1. The number of amides is 1. The Morgan fingerprint density at radius 3 is 2.88 bits per heavy atom. The zero-order valence-electron chi connectivity index (χ0n) is 13.9. The van der Waals surface area contributed by atoms with Crippen molar-refractivity contribution in [3.8, 4) is 0 Å². The highest BCUT2D eigenvalue weighted by molar-refractivity contribution is 7.99. The van der Waals surface area contributed by atoms with Crippen molar-refractivity contribution in [3.05, 3.63) is 42.6 Å². The van der Waals surface area contributed by atoms with E-state index in [2.05, 4.69) is 16.9 Å². The molecule has 0 N–H and O–H groups in total. The van der Waals surface area contributed by atoms with Gasteiger partial charge in [-0.25, -0.2) is 14.7 Å². The number of likely N-dealkylation sites (tertiary alicyclic amines) is 1. The molecular formula is C18H20ClN3O2S. The van der Waals surface area contributed by atoms with Crippen molar-refractivity contribution >= 4 is 41.8 Å². The van der Waals surface area contributed by atoms with Crippen LogP contribution in [0.15, 0.2) is 52.4 Å². The summed E-state index contributed by atoms with van der Waals surface area (Å²) in [5, 5.41) is 0. The zero-order valence-corrected chi connectivity index (χ0v) is 15.6. The number of fused-ring (bicyclic) bond motifs is 2. The van der Waals surface area contributed by atoms with Gasteiger partial charge in [0.25, 0.3) is 0 Å². The molecule has 4 rings (SSSR count). The fraction of sp³-hybridized carbons (Fsp3) is 0.333. The molecule has 0 bridgehead atoms. The third kappa shape index (κ3) is 3.61. The second kappa shape index (κ2) is 7.64. The standard InChI is InChI=1S/C18H19N3O2S.ClH/c1-20-11-5-6-13(12-20)23-18(22)21-14-7-2-3-8-15(14)24-16-9-4-10-19-17(16)21;/h2-4,7-10,13H,5-6,11-12H2,1H3;1H. The van der Waals surface area contributed by atoms with Gasteiger partial charge in [-0.05, 0) is 50.7 Å². The van der Waals surface area contributed by atoms with Crippen LogP contribution in [0.3, 0.4) is 0 Å². The minimum absolute atomic E-state index is 0. The molecule has 132 valence electrons. The number of halogens is 1. The van der Waals surface area contributed by atoms with Gasteiger partial charge in [0, 0.05) is 17.6 Å². The first-order valence-electron chi connectivity index (χ1n) is 8.13. The number of pyridine rings is 1. The molecular weight excluding hydrogens is 358 g/mol. The van der Waals surface area contributed by atoms with Crippen molar-refractivity contribution in [1.82, 2.24) is 9.88 Å². The van der Waals surface area contributed by atoms with Crippen LogP contribution in [0.25, 0.3) is 0 Å². The highest BCUT2D eigenvalue weighted by Gasteiger charge is 2.32. The van der Waals surface area contributed by atoms with Gasteiger partial charge in [0.2, 0.25) is 0 Å². The monoisotopic (exact) mass is 377 g/mol. The molecule has 1 saturated heterocycles. The predicted octanol–water partition coefficient (Wildman–Crippen LogP) is 4.34. The Kier molecular flexibility index (Phi) is 5.51. The molecule has 0 aliphatic carbocycles. The lowest BCUT2D eigenvalue weighted by molar-refractivity contribution is 0.0563. The number of carbonyl (C=O) groups is 1. The average molecular weight is 378 g/mol. The Hall–Kier alpha value is -1.76. The third-order valence-corrected chi connectivity index (χ3v) is 5.42. The van der Waals surface area contributed by atoms with E-state index < -0.39 is 0 Å². The maximum atomic E-state index is 12.9. The SMILES string of the molecule is CN1CCCC(OC(=O)N2c3ccccc3Sc3cccnc32)C1.Cl. The third-order valence-electron chi connectivity index (χ3n) is 4.32. The summed E-state index contributed by atoms with van der Waals surface area (Å²) in [5.41, 5.74) is 0.836. The molecule has 0 saturated carbocycles. The van der Waals surface area contributed by atoms with E-state index in [4.69, 9.17) is 4.74 Å². The van der Waals surface area contributed by atoms with Crippen LogP contribution in [0.5, 0.6) is 0 Å². The van der Waals surface area contributed by atoms with Gasteiger partial charge in [-0.1, -0.05) is 23.9 Å². The Labute approximate surface area is 157 Å². The highest BCUT2D eigenvalue weighted by Crippen LogP contribution is 2.47. The minimum atomic E-state index is -0.344. The number of hydrogen-bond acceptors (Lipinski definition) is 5. The topological polar surface area (TPSA) is 45.7 Å². The summed E-state index contributed by atoms with van der Waals surface area (Å²) >= 11 is 1.63. The molecule has 2 aliphatic rings. The van der Waals surface area contributed by atoms with E-state index in [1.807, 2.05) is 36.4 Å². The molecule has 3 heterocycles. The number of benzene rings is 1. The molecule has 0 radical (unpaired) electrons. The van der Waals surface area contributed by atoms with E-state index in [0.717, 1.165) is 41.4 Å². The summed E-state index contributed by atoms with van der Waals surface area (Å²) in [6.07, 6.45) is 3.26. The number of piperidine rings is 1. The van der Waals surface area contributed by atoms with Crippen LogP contribution in [0.2, 0.25) is 0 Å². The van der Waals surface area contributed by atoms with Gasteiger partial charge in [0.1, 0.15) is 6.10 Å². The number of likely N-dealkylation sites (N-methyl/N-ethyl adjacent to an activating group) is 1. The molecule has 2 aliphatic heterocycles. The van der Waals surface area contributed by atoms with Crippen molar-refractivity contribution in [3.63, 3.8) is 0 Å². The molecule has 1 atom stereocenters. The lowest BCUT2D eigenvalue weighted by Gasteiger charge is -2.33. The zero-order chi connectivity index (χ0) is 16.5. The van der Waals surface area contributed by atoms with Gasteiger partial charge < -0.3 is 9.64 Å². The van der Waals surface area contributed by atoms with E-state index in [0.29, 0.717) is 5.82 Å². The second-order valence-corrected chi connectivity index (χ2v) is 7.22. The molecule has 1 aromatic heterocycles. The summed E-state index contributed by atoms with van der Waals surface area (Å²) in [6.45, 7) is 1.84. The van der Waals surface area contributed by atoms with Crippen LogP contribution in [0.1, 0.15) is 12.8 Å². The van der Waals surface area contributed by atoms with Crippen molar-refractivity contribution in [2.45, 2.75) is 28.7 Å². The molecule has 2 aromatic rings. The van der Waals surface area contributed by atoms with Gasteiger partial charge in [0.05, 0.1) is 10.6 Å². The summed E-state index contributed by atoms with van der Waals surface area (Å²) < 4.78 is 5.81. The fourth-order valence-corrected chi connectivity index (χ4v) is 4.22. The molecule has 5 nitrogen and oxygen atoms in total. The van der Waals surface area contributed by atoms with E-state index in [-0.39, 0.29) is 24.6 Å². The van der Waals surface area contributed by atoms with Crippen molar-refractivity contribution in [2.75, 3.05) is 25.0 Å². The maximum Gasteiger partial charge on any atom is 0.420 e. The Morgan fingerprint density at radius 2 is 2.04 bits per heavy atom. The number of rotatable bonds is 1. The first kappa shape index (κ1) is 18.0. The van der Waals surface area contributed by atoms with Crippen LogP contribution in [0, 0.1) is 0 Å². The minimum Gasteiger partial charge on any atom is -0.444 e. The van der Waals surface area contributed by atoms with Crippen LogP contribution < -0.4 is 4.90 Å². The average Bonchev–Trinajstić information content (AvgIpc) is 2.59. The number of anilines is 2. The predicted molar refractivity (Wildman–Crippen MR) is 101 cm³/mol. The van der Waals surface area contributed by atoms with E-state index in [9.17, 15) is 4.79 Å². The molecule has 1 fully saturated rings. The second-order valence-electron chi connectivity index (χ2n) is 6.14. The Bertz CT molecular complexity index is 728. The molecule has 1 unspecified atom stereocenters. The van der Waals surface area contributed by atoms with Gasteiger partial charge in [0.15, 0.2) is 5.82 Å². The summed E-state index contributed by atoms with van der Waals surface area (Å²) in [6, 6.07) is 11.7. The van der Waals surface area contributed by atoms with Gasteiger partial charge in [-0.3, -0.25) is 0 Å². The van der Waals surface area contributed by atoms with Gasteiger partial charge in [-0.15, -0.1) is 12.4 Å². The highest BCUT2D eigenvalue weighted by atomic mass is 35.5. The first-order chi connectivity index (χ1) is 11.7. The molecule has 0 spiro atoms. The Balaban J connectivity index is 0.00000182. The number of carbonyl (C=O) groups excluding carboxylic acids is 1. The van der Waals surface area contributed by atoms with Gasteiger partial charge in [-0.2, -0.15) is 0 Å². The van der Waals surface area contributed by atoms with E-state index >= 15 is 0 Å². The van der Waals surface area contributed by atoms with Crippen LogP contribution >= 0.6 is 24.2 Å². The van der Waals surface area contributed by atoms with Crippen molar-refractivity contribution < 1.29 is 9.53 Å². The normalized spacial score (nSPS) is 19.4. The fourth-order valence-electron chi connectivity index (χ4n) is 3.19. The van der Waals surface area contributed by atoms with E-state index in [1.165, 1.54) is 0 Å². The maximum absolute atomic E-state index is 12.9. The number of hydrogen-bond donors (Lipinski definition) is 0. The number of ether oxygens (including phenoxy) is 1. The Morgan fingerprint density at radius 1 is 1.24 bits per heavy atom. The van der Waals surface area contributed by atoms with Crippen molar-refractivity contribution in [2.24, 2.45) is 0 Å². The number of aromatic nitrogens is 1. The molecule has 25 heavy (non-hydrogen) atoms. The summed E-state index contributed by atoms with van der Waals surface area (Å²) in [4.78, 5) is 23.2. The first-order valence-corrected chi connectivity index (χ1v) is 8.95. The van der Waals surface area contributed by atoms with Crippen molar-refractivity contribution in [1.29, 1.82) is 0 Å². The smallest absolute Gasteiger partial charge is 0.420 e. The number of nitrogens with zero attached hydrogens (tertiary/aromatic N) is 3. The largest absolute Gasteiger partial charge is 0.444 e. The quantitative estimate of drug-likeness (QED) is 0.739. The van der Waals surface area contributed by atoms with E-state index in [1.54, 1.807) is 22.9 Å². The lowest BCUT2D eigenvalue weighted by atomic mass is 10.1. The summed E-state index contributed by atoms with van der Waals surface area (Å²) in [7, 11) is 2.06. The van der Waals surface area contributed by atoms with Crippen LogP contribution in [0.4, 0.5) is 16.3 Å². The molecule has 7 heteroatoms.